The average Bonchev–Trinajstić information content (AvgIpc) is 3.64. The largest absolute Gasteiger partial charge is 0.465 e. The molecule has 1 aliphatic carbocycles. The lowest BCUT2D eigenvalue weighted by Gasteiger charge is -2.12. The van der Waals surface area contributed by atoms with Gasteiger partial charge in [-0.15, -0.1) is 21.5 Å². The van der Waals surface area contributed by atoms with E-state index in [0.717, 1.165) is 42.5 Å². The highest BCUT2D eigenvalue weighted by atomic mass is 32.2. The molecule has 4 aromatic heterocycles. The van der Waals surface area contributed by atoms with Gasteiger partial charge in [0, 0.05) is 4.88 Å². The maximum absolute atomic E-state index is 13.1. The maximum atomic E-state index is 13.1. The number of anilines is 1. The number of aromatic nitrogens is 3. The van der Waals surface area contributed by atoms with Crippen LogP contribution in [0.15, 0.2) is 50.8 Å². The van der Waals surface area contributed by atoms with Gasteiger partial charge in [0.05, 0.1) is 30.4 Å². The van der Waals surface area contributed by atoms with Crippen molar-refractivity contribution < 1.29 is 23.2 Å². The molecule has 9 nitrogen and oxygen atoms in total. The van der Waals surface area contributed by atoms with Crippen molar-refractivity contribution >= 4 is 40.0 Å². The summed E-state index contributed by atoms with van der Waals surface area (Å²) in [6, 6.07) is 7.05. The predicted octanol–water partition coefficient (Wildman–Crippen LogP) is 5.63. The van der Waals surface area contributed by atoms with Crippen molar-refractivity contribution in [2.24, 2.45) is 0 Å². The maximum Gasteiger partial charge on any atom is 0.341 e. The minimum Gasteiger partial charge on any atom is -0.465 e. The Morgan fingerprint density at radius 3 is 2.47 bits per heavy atom. The van der Waals surface area contributed by atoms with E-state index in [0.29, 0.717) is 38.6 Å². The first-order valence-electron chi connectivity index (χ1n) is 11.6. The molecule has 4 aromatic rings. The summed E-state index contributed by atoms with van der Waals surface area (Å²) >= 11 is 2.63. The lowest BCUT2D eigenvalue weighted by Crippen LogP contribution is -2.23. The van der Waals surface area contributed by atoms with Crippen LogP contribution in [-0.2, 0) is 22.4 Å². The van der Waals surface area contributed by atoms with Crippen molar-refractivity contribution in [3.63, 3.8) is 0 Å². The number of thioether (sulfide) groups is 1. The Bertz CT molecular complexity index is 1370. The third-order valence-corrected chi connectivity index (χ3v) is 8.03. The Hall–Kier alpha value is -3.44. The number of amides is 1. The van der Waals surface area contributed by atoms with Crippen LogP contribution in [0.1, 0.15) is 47.0 Å². The molecule has 5 rings (SSSR count). The molecule has 0 saturated carbocycles. The summed E-state index contributed by atoms with van der Waals surface area (Å²) in [6.07, 6.45) is 8.03. The fourth-order valence-corrected chi connectivity index (χ4v) is 6.09. The number of rotatable bonds is 7. The standard InChI is InChI=1S/C25H24N4O5S2/c1-14(22(30)27-23-19(24(31)32-2)15-8-4-3-5-11-18(15)36-23)35-25-26-20(16-9-6-12-33-16)21(28-29-25)17-10-7-13-34-17/h6-7,9-10,12-14H,3-5,8,11H2,1-2H3,(H,27,30). The van der Waals surface area contributed by atoms with Crippen molar-refractivity contribution in [1.82, 2.24) is 15.2 Å². The van der Waals surface area contributed by atoms with Gasteiger partial charge in [-0.1, -0.05) is 18.2 Å². The average molecular weight is 525 g/mol. The number of hydrogen-bond acceptors (Lipinski definition) is 10. The number of nitrogens with one attached hydrogen (secondary N) is 1. The summed E-state index contributed by atoms with van der Waals surface area (Å²) in [5.74, 6) is 0.337. The molecule has 186 valence electrons. The summed E-state index contributed by atoms with van der Waals surface area (Å²) < 4.78 is 16.0. The fraction of sp³-hybridized carbons (Fsp3) is 0.320. The first kappa shape index (κ1) is 24.3. The normalized spacial score (nSPS) is 14.1. The van der Waals surface area contributed by atoms with Crippen LogP contribution in [0.25, 0.3) is 22.9 Å². The van der Waals surface area contributed by atoms with Gasteiger partial charge >= 0.3 is 5.97 Å². The molecule has 0 aromatic carbocycles. The highest BCUT2D eigenvalue weighted by Gasteiger charge is 2.28. The Labute approximate surface area is 215 Å². The topological polar surface area (TPSA) is 120 Å². The van der Waals surface area contributed by atoms with Crippen LogP contribution in [0.4, 0.5) is 5.00 Å². The van der Waals surface area contributed by atoms with Gasteiger partial charge in [0.2, 0.25) is 11.1 Å². The second-order valence-corrected chi connectivity index (χ2v) is 10.7. The molecule has 1 amide bonds. The van der Waals surface area contributed by atoms with Crippen LogP contribution >= 0.6 is 23.1 Å². The highest BCUT2D eigenvalue weighted by Crippen LogP contribution is 2.38. The Kier molecular flexibility index (Phi) is 7.19. The van der Waals surface area contributed by atoms with Gasteiger partial charge in [-0.3, -0.25) is 4.79 Å². The third-order valence-electron chi connectivity index (χ3n) is 5.88. The third kappa shape index (κ3) is 4.93. The molecule has 1 atom stereocenters. The summed E-state index contributed by atoms with van der Waals surface area (Å²) in [4.78, 5) is 31.5. The lowest BCUT2D eigenvalue weighted by molar-refractivity contribution is -0.115. The number of furan rings is 2. The second-order valence-electron chi connectivity index (χ2n) is 8.26. The van der Waals surface area contributed by atoms with E-state index in [9.17, 15) is 9.59 Å². The second kappa shape index (κ2) is 10.7. The van der Waals surface area contributed by atoms with E-state index in [-0.39, 0.29) is 5.91 Å². The number of esters is 1. The molecule has 0 radical (unpaired) electrons. The number of ether oxygens (including phenoxy) is 1. The number of fused-ring (bicyclic) bond motifs is 1. The van der Waals surface area contributed by atoms with Crippen LogP contribution < -0.4 is 5.32 Å². The number of methoxy groups -OCH3 is 1. The molecular weight excluding hydrogens is 500 g/mol. The van der Waals surface area contributed by atoms with Crippen molar-refractivity contribution in [1.29, 1.82) is 0 Å². The van der Waals surface area contributed by atoms with Gasteiger partial charge in [0.15, 0.2) is 17.2 Å². The minimum atomic E-state index is -0.557. The molecule has 1 N–H and O–H groups in total. The van der Waals surface area contributed by atoms with Gasteiger partial charge in [-0.2, -0.15) is 0 Å². The van der Waals surface area contributed by atoms with Crippen LogP contribution in [0.2, 0.25) is 0 Å². The van der Waals surface area contributed by atoms with E-state index in [1.165, 1.54) is 30.2 Å². The van der Waals surface area contributed by atoms with E-state index in [4.69, 9.17) is 13.6 Å². The zero-order valence-electron chi connectivity index (χ0n) is 19.8. The zero-order valence-corrected chi connectivity index (χ0v) is 21.4. The van der Waals surface area contributed by atoms with Crippen molar-refractivity contribution in [2.75, 3.05) is 12.4 Å². The van der Waals surface area contributed by atoms with Crippen LogP contribution in [0.5, 0.6) is 0 Å². The molecular formula is C25H24N4O5S2. The first-order valence-corrected chi connectivity index (χ1v) is 13.3. The Balaban J connectivity index is 1.37. The summed E-state index contributed by atoms with van der Waals surface area (Å²) in [7, 11) is 1.36. The minimum absolute atomic E-state index is 0.264. The highest BCUT2D eigenvalue weighted by molar-refractivity contribution is 8.00. The summed E-state index contributed by atoms with van der Waals surface area (Å²) in [5, 5.41) is 11.7. The molecule has 0 fully saturated rings. The molecule has 0 aliphatic heterocycles. The van der Waals surface area contributed by atoms with E-state index >= 15 is 0 Å². The molecule has 0 bridgehead atoms. The predicted molar refractivity (Wildman–Crippen MR) is 136 cm³/mol. The zero-order chi connectivity index (χ0) is 25.1. The lowest BCUT2D eigenvalue weighted by atomic mass is 10.1. The number of nitrogens with zero attached hydrogens (tertiary/aromatic N) is 3. The number of hydrogen-bond donors (Lipinski definition) is 1. The monoisotopic (exact) mass is 524 g/mol. The van der Waals surface area contributed by atoms with Crippen LogP contribution in [0, 0.1) is 0 Å². The van der Waals surface area contributed by atoms with E-state index in [1.807, 2.05) is 0 Å². The van der Waals surface area contributed by atoms with Gasteiger partial charge in [-0.05, 0) is 62.4 Å². The molecule has 4 heterocycles. The van der Waals surface area contributed by atoms with Crippen LogP contribution in [-0.4, -0.2) is 39.4 Å². The van der Waals surface area contributed by atoms with Crippen molar-refractivity contribution in [3.05, 3.63) is 52.8 Å². The van der Waals surface area contributed by atoms with Gasteiger partial charge in [-0.25, -0.2) is 9.78 Å². The van der Waals surface area contributed by atoms with Gasteiger partial charge in [0.25, 0.3) is 0 Å². The first-order chi connectivity index (χ1) is 17.5. The quantitative estimate of drug-likeness (QED) is 0.186. The van der Waals surface area contributed by atoms with Crippen molar-refractivity contribution in [2.45, 2.75) is 49.4 Å². The molecule has 11 heteroatoms. The number of carbonyl (C=O) groups excluding carboxylic acids is 2. The Morgan fingerprint density at radius 1 is 1.06 bits per heavy atom. The van der Waals surface area contributed by atoms with E-state index in [1.54, 1.807) is 43.7 Å². The number of thiophene rings is 1. The summed E-state index contributed by atoms with van der Waals surface area (Å²) in [5.41, 5.74) is 2.39. The number of carbonyl (C=O) groups is 2. The summed E-state index contributed by atoms with van der Waals surface area (Å²) in [6.45, 7) is 1.76. The van der Waals surface area contributed by atoms with E-state index in [2.05, 4.69) is 20.5 Å². The molecule has 1 aliphatic rings. The van der Waals surface area contributed by atoms with Crippen LogP contribution in [0.3, 0.4) is 0 Å². The molecule has 0 spiro atoms. The molecule has 36 heavy (non-hydrogen) atoms. The fourth-order valence-electron chi connectivity index (χ4n) is 4.10. The smallest absolute Gasteiger partial charge is 0.341 e. The SMILES string of the molecule is COC(=O)c1c(NC(=O)C(C)Sc2nnc(-c3ccco3)c(-c3ccco3)n2)sc2c1CCCCC2. The molecule has 1 unspecified atom stereocenters. The van der Waals surface area contributed by atoms with Gasteiger partial charge < -0.3 is 18.9 Å². The van der Waals surface area contributed by atoms with Gasteiger partial charge in [0.1, 0.15) is 10.7 Å². The van der Waals surface area contributed by atoms with Crippen molar-refractivity contribution in [3.8, 4) is 22.9 Å². The number of aryl methyl sites for hydroxylation is 1. The molecule has 0 saturated heterocycles. The van der Waals surface area contributed by atoms with E-state index < -0.39 is 11.2 Å². The Morgan fingerprint density at radius 2 is 1.78 bits per heavy atom.